The molecule has 1 amide bonds. The summed E-state index contributed by atoms with van der Waals surface area (Å²) in [5.41, 5.74) is -0.156. The first kappa shape index (κ1) is 15.8. The van der Waals surface area contributed by atoms with Gasteiger partial charge in [-0.2, -0.15) is 0 Å². The molecule has 0 aromatic rings. The average molecular weight is 280 g/mol. The van der Waals surface area contributed by atoms with Gasteiger partial charge in [-0.1, -0.05) is 33.6 Å². The van der Waals surface area contributed by atoms with Crippen LogP contribution in [0.1, 0.15) is 65.7 Å². The zero-order chi connectivity index (χ0) is 14.6. The molecule has 0 aromatic heterocycles. The van der Waals surface area contributed by atoms with Crippen LogP contribution in [0, 0.1) is 17.3 Å². The van der Waals surface area contributed by atoms with Crippen molar-refractivity contribution in [2.45, 2.75) is 71.8 Å². The molecule has 1 saturated heterocycles. The van der Waals surface area contributed by atoms with Crippen molar-refractivity contribution in [3.8, 4) is 0 Å². The fourth-order valence-corrected chi connectivity index (χ4v) is 4.08. The van der Waals surface area contributed by atoms with E-state index in [-0.39, 0.29) is 5.41 Å². The van der Waals surface area contributed by atoms with Gasteiger partial charge in [0.15, 0.2) is 0 Å². The highest BCUT2D eigenvalue weighted by molar-refractivity contribution is 5.83. The Morgan fingerprint density at radius 1 is 1.30 bits per heavy atom. The molecule has 3 atom stereocenters. The van der Waals surface area contributed by atoms with Gasteiger partial charge in [0.05, 0.1) is 5.41 Å². The number of piperidine rings is 1. The lowest BCUT2D eigenvalue weighted by atomic mass is 9.75. The highest BCUT2D eigenvalue weighted by atomic mass is 16.2. The van der Waals surface area contributed by atoms with Crippen LogP contribution in [0.25, 0.3) is 0 Å². The van der Waals surface area contributed by atoms with E-state index in [0.29, 0.717) is 23.8 Å². The van der Waals surface area contributed by atoms with Crippen molar-refractivity contribution in [3.05, 3.63) is 0 Å². The maximum absolute atomic E-state index is 12.8. The summed E-state index contributed by atoms with van der Waals surface area (Å²) in [6.45, 7) is 8.68. The van der Waals surface area contributed by atoms with Crippen molar-refractivity contribution in [1.29, 1.82) is 0 Å². The second-order valence-electron chi connectivity index (χ2n) is 7.19. The summed E-state index contributed by atoms with van der Waals surface area (Å²) < 4.78 is 0. The molecule has 1 aliphatic carbocycles. The van der Waals surface area contributed by atoms with Crippen LogP contribution in [-0.4, -0.2) is 25.0 Å². The number of amides is 1. The second kappa shape index (κ2) is 6.93. The van der Waals surface area contributed by atoms with Gasteiger partial charge >= 0.3 is 0 Å². The lowest BCUT2D eigenvalue weighted by Crippen LogP contribution is -2.54. The molecule has 1 saturated carbocycles. The van der Waals surface area contributed by atoms with Gasteiger partial charge in [0.2, 0.25) is 5.91 Å². The van der Waals surface area contributed by atoms with E-state index in [4.69, 9.17) is 0 Å². The molecule has 1 heterocycles. The molecule has 0 bridgehead atoms. The third kappa shape index (κ3) is 3.36. The first-order chi connectivity index (χ1) is 9.59. The van der Waals surface area contributed by atoms with Gasteiger partial charge in [-0.05, 0) is 50.5 Å². The molecule has 2 aliphatic rings. The molecule has 3 heteroatoms. The summed E-state index contributed by atoms with van der Waals surface area (Å²) >= 11 is 0. The Balaban J connectivity index is 2.01. The van der Waals surface area contributed by atoms with Crippen LogP contribution < -0.4 is 10.6 Å². The van der Waals surface area contributed by atoms with Gasteiger partial charge in [-0.15, -0.1) is 0 Å². The predicted molar refractivity (Wildman–Crippen MR) is 83.6 cm³/mol. The van der Waals surface area contributed by atoms with Gasteiger partial charge in [0, 0.05) is 12.6 Å². The van der Waals surface area contributed by atoms with Crippen LogP contribution in [0.3, 0.4) is 0 Å². The number of hydrogen-bond donors (Lipinski definition) is 2. The van der Waals surface area contributed by atoms with E-state index in [9.17, 15) is 4.79 Å². The van der Waals surface area contributed by atoms with Gasteiger partial charge in [0.25, 0.3) is 0 Å². The summed E-state index contributed by atoms with van der Waals surface area (Å²) in [6, 6.07) is 0.404. The third-order valence-electron chi connectivity index (χ3n) is 5.62. The Labute approximate surface area is 124 Å². The van der Waals surface area contributed by atoms with E-state index < -0.39 is 0 Å². The standard InChI is InChI=1S/C17H32N2O/c1-4-17(10-7-11-18-12-17)16(20)19-15-9-6-5-8-14(15)13(2)3/h13-15,18H,4-12H2,1-3H3,(H,19,20). The van der Waals surface area contributed by atoms with Crippen molar-refractivity contribution >= 4 is 5.91 Å². The molecular weight excluding hydrogens is 248 g/mol. The minimum atomic E-state index is -0.156. The van der Waals surface area contributed by atoms with Crippen molar-refractivity contribution in [3.63, 3.8) is 0 Å². The van der Waals surface area contributed by atoms with E-state index in [1.807, 2.05) is 0 Å². The quantitative estimate of drug-likeness (QED) is 0.831. The minimum absolute atomic E-state index is 0.156. The van der Waals surface area contributed by atoms with Crippen LogP contribution in [0.4, 0.5) is 0 Å². The summed E-state index contributed by atoms with van der Waals surface area (Å²) in [5, 5.41) is 6.85. The third-order valence-corrected chi connectivity index (χ3v) is 5.62. The van der Waals surface area contributed by atoms with E-state index >= 15 is 0 Å². The first-order valence-electron chi connectivity index (χ1n) is 8.61. The zero-order valence-electron chi connectivity index (χ0n) is 13.5. The van der Waals surface area contributed by atoms with Crippen LogP contribution >= 0.6 is 0 Å². The molecule has 2 fully saturated rings. The monoisotopic (exact) mass is 280 g/mol. The molecule has 2 N–H and O–H groups in total. The number of nitrogens with one attached hydrogen (secondary N) is 2. The van der Waals surface area contributed by atoms with Crippen LogP contribution in [-0.2, 0) is 4.79 Å². The molecule has 116 valence electrons. The minimum Gasteiger partial charge on any atom is -0.353 e. The van der Waals surface area contributed by atoms with Crippen LogP contribution in [0.2, 0.25) is 0 Å². The Bertz CT molecular complexity index is 321. The SMILES string of the molecule is CCC1(C(=O)NC2CCCCC2C(C)C)CCCNC1. The normalized spacial score (nSPS) is 35.0. The largest absolute Gasteiger partial charge is 0.353 e. The van der Waals surface area contributed by atoms with E-state index in [1.165, 1.54) is 25.7 Å². The molecular formula is C17H32N2O. The summed E-state index contributed by atoms with van der Waals surface area (Å²) in [5.74, 6) is 1.64. The van der Waals surface area contributed by atoms with Gasteiger partial charge in [0.1, 0.15) is 0 Å². The molecule has 1 aliphatic heterocycles. The molecule has 0 aromatic carbocycles. The highest BCUT2D eigenvalue weighted by Crippen LogP contribution is 2.34. The maximum Gasteiger partial charge on any atom is 0.227 e. The molecule has 3 nitrogen and oxygen atoms in total. The zero-order valence-corrected chi connectivity index (χ0v) is 13.5. The highest BCUT2D eigenvalue weighted by Gasteiger charge is 2.40. The molecule has 20 heavy (non-hydrogen) atoms. The predicted octanol–water partition coefficient (Wildman–Crippen LogP) is 3.10. The number of hydrogen-bond acceptors (Lipinski definition) is 2. The fourth-order valence-electron chi connectivity index (χ4n) is 4.08. The Hall–Kier alpha value is -0.570. The smallest absolute Gasteiger partial charge is 0.227 e. The maximum atomic E-state index is 12.8. The van der Waals surface area contributed by atoms with Crippen molar-refractivity contribution < 1.29 is 4.79 Å². The van der Waals surface area contributed by atoms with Gasteiger partial charge < -0.3 is 10.6 Å². The summed E-state index contributed by atoms with van der Waals surface area (Å²) in [7, 11) is 0. The topological polar surface area (TPSA) is 41.1 Å². The lowest BCUT2D eigenvalue weighted by Gasteiger charge is -2.40. The fraction of sp³-hybridized carbons (Fsp3) is 0.941. The molecule has 0 radical (unpaired) electrons. The van der Waals surface area contributed by atoms with Gasteiger partial charge in [-0.25, -0.2) is 0 Å². The lowest BCUT2D eigenvalue weighted by molar-refractivity contribution is -0.134. The summed E-state index contributed by atoms with van der Waals surface area (Å²) in [6.07, 6.45) is 8.16. The van der Waals surface area contributed by atoms with Crippen molar-refractivity contribution in [1.82, 2.24) is 10.6 Å². The Morgan fingerprint density at radius 2 is 2.05 bits per heavy atom. The number of carbonyl (C=O) groups is 1. The average Bonchev–Trinajstić information content (AvgIpc) is 2.48. The molecule has 3 unspecified atom stereocenters. The van der Waals surface area contributed by atoms with Crippen molar-refractivity contribution in [2.75, 3.05) is 13.1 Å². The molecule has 2 rings (SSSR count). The number of carbonyl (C=O) groups excluding carboxylic acids is 1. The van der Waals surface area contributed by atoms with E-state index in [2.05, 4.69) is 31.4 Å². The van der Waals surface area contributed by atoms with E-state index in [1.54, 1.807) is 0 Å². The van der Waals surface area contributed by atoms with Gasteiger partial charge in [-0.3, -0.25) is 4.79 Å². The first-order valence-corrected chi connectivity index (χ1v) is 8.61. The Morgan fingerprint density at radius 3 is 2.65 bits per heavy atom. The number of rotatable bonds is 4. The van der Waals surface area contributed by atoms with E-state index in [0.717, 1.165) is 32.4 Å². The molecule has 0 spiro atoms. The van der Waals surface area contributed by atoms with Crippen molar-refractivity contribution in [2.24, 2.45) is 17.3 Å². The Kier molecular flexibility index (Phi) is 5.48. The summed E-state index contributed by atoms with van der Waals surface area (Å²) in [4.78, 5) is 12.8. The second-order valence-corrected chi connectivity index (χ2v) is 7.19. The van der Waals surface area contributed by atoms with Crippen LogP contribution in [0.15, 0.2) is 0 Å². The van der Waals surface area contributed by atoms with Crippen LogP contribution in [0.5, 0.6) is 0 Å².